The Hall–Kier alpha value is -2.66. The summed E-state index contributed by atoms with van der Waals surface area (Å²) >= 11 is 0. The zero-order valence-electron chi connectivity index (χ0n) is 16.1. The van der Waals surface area contributed by atoms with Crippen molar-refractivity contribution in [3.63, 3.8) is 0 Å². The molecule has 0 radical (unpaired) electrons. The predicted molar refractivity (Wildman–Crippen MR) is 107 cm³/mol. The van der Waals surface area contributed by atoms with E-state index in [1.807, 2.05) is 56.3 Å². The molecular formula is C22H28N2O3. The second-order valence-electron chi connectivity index (χ2n) is 7.14. The van der Waals surface area contributed by atoms with Crippen molar-refractivity contribution in [3.8, 4) is 11.1 Å². The number of carboxylic acid groups (broad SMARTS) is 1. The minimum Gasteiger partial charge on any atom is -0.480 e. The van der Waals surface area contributed by atoms with Crippen LogP contribution < -0.4 is 10.6 Å². The number of nitrogens with one attached hydrogen (secondary N) is 2. The number of hydrogen-bond donors (Lipinski definition) is 3. The molecule has 1 amide bonds. The summed E-state index contributed by atoms with van der Waals surface area (Å²) in [4.78, 5) is 23.9. The average molecular weight is 368 g/mol. The lowest BCUT2D eigenvalue weighted by atomic mass is 9.99. The Balaban J connectivity index is 2.03. The Morgan fingerprint density at radius 3 is 2.04 bits per heavy atom. The Morgan fingerprint density at radius 1 is 0.926 bits per heavy atom. The number of amides is 1. The Labute approximate surface area is 160 Å². The molecule has 144 valence electrons. The quantitative estimate of drug-likeness (QED) is 0.635. The second-order valence-corrected chi connectivity index (χ2v) is 7.14. The highest BCUT2D eigenvalue weighted by Gasteiger charge is 2.25. The highest BCUT2D eigenvalue weighted by atomic mass is 16.4. The largest absolute Gasteiger partial charge is 0.480 e. The summed E-state index contributed by atoms with van der Waals surface area (Å²) in [7, 11) is 1.71. The Bertz CT molecular complexity index is 742. The van der Waals surface area contributed by atoms with E-state index in [0.717, 1.165) is 16.7 Å². The maximum absolute atomic E-state index is 12.5. The monoisotopic (exact) mass is 368 g/mol. The minimum absolute atomic E-state index is 0.185. The molecule has 0 unspecified atom stereocenters. The summed E-state index contributed by atoms with van der Waals surface area (Å²) in [5.74, 6) is -1.11. The molecule has 0 heterocycles. The van der Waals surface area contributed by atoms with E-state index in [-0.39, 0.29) is 11.8 Å². The SMILES string of the molecule is CN[C@@H](Cc1ccc(-c2ccccc2)cc1)C(=O)N[C@@H](CC(C)C)C(=O)O. The van der Waals surface area contributed by atoms with Crippen molar-refractivity contribution in [2.45, 2.75) is 38.8 Å². The fourth-order valence-electron chi connectivity index (χ4n) is 2.99. The minimum atomic E-state index is -1.00. The fourth-order valence-corrected chi connectivity index (χ4v) is 2.99. The first-order valence-corrected chi connectivity index (χ1v) is 9.25. The van der Waals surface area contributed by atoms with Crippen molar-refractivity contribution in [2.75, 3.05) is 7.05 Å². The van der Waals surface area contributed by atoms with Crippen molar-refractivity contribution in [1.29, 1.82) is 0 Å². The average Bonchev–Trinajstić information content (AvgIpc) is 2.66. The smallest absolute Gasteiger partial charge is 0.326 e. The molecule has 0 bridgehead atoms. The van der Waals surface area contributed by atoms with Gasteiger partial charge in [-0.05, 0) is 42.5 Å². The molecule has 2 atom stereocenters. The Morgan fingerprint density at radius 2 is 1.52 bits per heavy atom. The van der Waals surface area contributed by atoms with Crippen LogP contribution in [0.25, 0.3) is 11.1 Å². The fraction of sp³-hybridized carbons (Fsp3) is 0.364. The molecule has 2 rings (SSSR count). The van der Waals surface area contributed by atoms with Crippen LogP contribution in [0.5, 0.6) is 0 Å². The zero-order valence-corrected chi connectivity index (χ0v) is 16.1. The van der Waals surface area contributed by atoms with Crippen molar-refractivity contribution in [2.24, 2.45) is 5.92 Å². The van der Waals surface area contributed by atoms with Gasteiger partial charge >= 0.3 is 5.97 Å². The van der Waals surface area contributed by atoms with Gasteiger partial charge in [-0.15, -0.1) is 0 Å². The highest BCUT2D eigenvalue weighted by Crippen LogP contribution is 2.19. The van der Waals surface area contributed by atoms with Gasteiger partial charge in [0.15, 0.2) is 0 Å². The molecule has 0 saturated carbocycles. The molecule has 0 saturated heterocycles. The Kier molecular flexibility index (Phi) is 7.55. The van der Waals surface area contributed by atoms with Crippen molar-refractivity contribution < 1.29 is 14.7 Å². The number of carbonyl (C=O) groups excluding carboxylic acids is 1. The summed E-state index contributed by atoms with van der Waals surface area (Å²) in [6.45, 7) is 3.87. The van der Waals surface area contributed by atoms with E-state index in [2.05, 4.69) is 22.8 Å². The second kappa shape index (κ2) is 9.88. The molecule has 0 aliphatic rings. The lowest BCUT2D eigenvalue weighted by Gasteiger charge is -2.21. The van der Waals surface area contributed by atoms with Crippen LogP contribution in [0.15, 0.2) is 54.6 Å². The molecule has 3 N–H and O–H groups in total. The summed E-state index contributed by atoms with van der Waals surface area (Å²) in [6, 6.07) is 16.8. The molecule has 27 heavy (non-hydrogen) atoms. The summed E-state index contributed by atoms with van der Waals surface area (Å²) < 4.78 is 0. The first-order chi connectivity index (χ1) is 12.9. The van der Waals surface area contributed by atoms with Crippen LogP contribution >= 0.6 is 0 Å². The van der Waals surface area contributed by atoms with E-state index < -0.39 is 18.1 Å². The summed E-state index contributed by atoms with van der Waals surface area (Å²) in [6.07, 6.45) is 0.898. The van der Waals surface area contributed by atoms with Gasteiger partial charge in [0.25, 0.3) is 0 Å². The number of benzene rings is 2. The van der Waals surface area contributed by atoms with Crippen LogP contribution in [0, 0.1) is 5.92 Å². The molecule has 2 aromatic carbocycles. The third-order valence-corrected chi connectivity index (χ3v) is 4.49. The lowest BCUT2D eigenvalue weighted by molar-refractivity contribution is -0.142. The number of rotatable bonds is 9. The van der Waals surface area contributed by atoms with Crippen LogP contribution in [0.2, 0.25) is 0 Å². The molecule has 0 fully saturated rings. The lowest BCUT2D eigenvalue weighted by Crippen LogP contribution is -2.50. The standard InChI is InChI=1S/C22H28N2O3/c1-15(2)13-20(22(26)27)24-21(25)19(23-3)14-16-9-11-18(12-10-16)17-7-5-4-6-8-17/h4-12,15,19-20,23H,13-14H2,1-3H3,(H,24,25)(H,26,27)/t19-,20-/m0/s1. The van der Waals surface area contributed by atoms with Gasteiger partial charge in [0.05, 0.1) is 6.04 Å². The predicted octanol–water partition coefficient (Wildman–Crippen LogP) is 3.10. The van der Waals surface area contributed by atoms with Crippen LogP contribution in [0.4, 0.5) is 0 Å². The third-order valence-electron chi connectivity index (χ3n) is 4.49. The number of hydrogen-bond acceptors (Lipinski definition) is 3. The van der Waals surface area contributed by atoms with Gasteiger partial charge < -0.3 is 15.7 Å². The van der Waals surface area contributed by atoms with Crippen LogP contribution in [0.3, 0.4) is 0 Å². The molecule has 0 spiro atoms. The van der Waals surface area contributed by atoms with E-state index >= 15 is 0 Å². The molecule has 2 aromatic rings. The molecule has 5 nitrogen and oxygen atoms in total. The summed E-state index contributed by atoms with van der Waals surface area (Å²) in [5, 5.41) is 15.0. The van der Waals surface area contributed by atoms with Crippen molar-refractivity contribution in [1.82, 2.24) is 10.6 Å². The van der Waals surface area contributed by atoms with Gasteiger partial charge in [-0.2, -0.15) is 0 Å². The van der Waals surface area contributed by atoms with Gasteiger partial charge in [-0.3, -0.25) is 4.79 Å². The van der Waals surface area contributed by atoms with Gasteiger partial charge in [0, 0.05) is 0 Å². The first kappa shape index (κ1) is 20.6. The van der Waals surface area contributed by atoms with Gasteiger partial charge in [-0.25, -0.2) is 4.79 Å². The molecule has 0 aromatic heterocycles. The molecule has 0 aliphatic carbocycles. The maximum atomic E-state index is 12.5. The molecular weight excluding hydrogens is 340 g/mol. The van der Waals surface area contributed by atoms with Crippen molar-refractivity contribution >= 4 is 11.9 Å². The van der Waals surface area contributed by atoms with E-state index in [0.29, 0.717) is 12.8 Å². The van der Waals surface area contributed by atoms with E-state index in [9.17, 15) is 14.7 Å². The molecule has 5 heteroatoms. The number of carboxylic acids is 1. The number of likely N-dealkylation sites (N-methyl/N-ethyl adjacent to an activating group) is 1. The van der Waals surface area contributed by atoms with E-state index in [1.54, 1.807) is 7.05 Å². The zero-order chi connectivity index (χ0) is 19.8. The number of aliphatic carboxylic acids is 1. The van der Waals surface area contributed by atoms with E-state index in [1.165, 1.54) is 0 Å². The van der Waals surface area contributed by atoms with Gasteiger partial charge in [0.2, 0.25) is 5.91 Å². The topological polar surface area (TPSA) is 78.4 Å². The first-order valence-electron chi connectivity index (χ1n) is 9.25. The highest BCUT2D eigenvalue weighted by molar-refractivity contribution is 5.87. The van der Waals surface area contributed by atoms with Crippen LogP contribution in [0.1, 0.15) is 25.8 Å². The maximum Gasteiger partial charge on any atom is 0.326 e. The summed E-state index contributed by atoms with van der Waals surface area (Å²) in [5.41, 5.74) is 3.28. The van der Waals surface area contributed by atoms with E-state index in [4.69, 9.17) is 0 Å². The van der Waals surface area contributed by atoms with Crippen LogP contribution in [-0.2, 0) is 16.0 Å². The third kappa shape index (κ3) is 6.22. The van der Waals surface area contributed by atoms with Crippen molar-refractivity contribution in [3.05, 3.63) is 60.2 Å². The van der Waals surface area contributed by atoms with Gasteiger partial charge in [-0.1, -0.05) is 68.4 Å². The van der Waals surface area contributed by atoms with Gasteiger partial charge in [0.1, 0.15) is 6.04 Å². The van der Waals surface area contributed by atoms with Crippen LogP contribution in [-0.4, -0.2) is 36.1 Å². The number of carbonyl (C=O) groups is 2. The normalized spacial score (nSPS) is 13.2. The molecule has 0 aliphatic heterocycles.